The first-order valence-electron chi connectivity index (χ1n) is 6.46. The Hall–Kier alpha value is -1.55. The quantitative estimate of drug-likeness (QED) is 0.851. The second-order valence-electron chi connectivity index (χ2n) is 4.63. The zero-order chi connectivity index (χ0) is 13.1. The number of rotatable bonds is 3. The van der Waals surface area contributed by atoms with Gasteiger partial charge in [0.05, 0.1) is 6.10 Å². The average Bonchev–Trinajstić information content (AvgIpc) is 2.39. The van der Waals surface area contributed by atoms with Crippen LogP contribution in [0.3, 0.4) is 0 Å². The van der Waals surface area contributed by atoms with E-state index < -0.39 is 6.10 Å². The van der Waals surface area contributed by atoms with Crippen LogP contribution >= 0.6 is 0 Å². The highest BCUT2D eigenvalue weighted by molar-refractivity contribution is 5.85. The maximum absolute atomic E-state index is 11.9. The van der Waals surface area contributed by atoms with Gasteiger partial charge in [-0.3, -0.25) is 4.79 Å². The van der Waals surface area contributed by atoms with Gasteiger partial charge in [0.2, 0.25) is 5.91 Å². The SMILES string of the molecule is CCNC(=O)C(C)N1CCC(O)c2ccccc21. The number of anilines is 1. The molecule has 2 N–H and O–H groups in total. The van der Waals surface area contributed by atoms with Crippen molar-refractivity contribution in [2.75, 3.05) is 18.0 Å². The van der Waals surface area contributed by atoms with Crippen molar-refractivity contribution in [1.29, 1.82) is 0 Å². The Balaban J connectivity index is 2.25. The molecule has 0 bridgehead atoms. The van der Waals surface area contributed by atoms with Gasteiger partial charge in [0.25, 0.3) is 0 Å². The van der Waals surface area contributed by atoms with Gasteiger partial charge in [-0.15, -0.1) is 0 Å². The van der Waals surface area contributed by atoms with Crippen molar-refractivity contribution in [1.82, 2.24) is 5.32 Å². The molecule has 1 aromatic carbocycles. The minimum Gasteiger partial charge on any atom is -0.388 e. The summed E-state index contributed by atoms with van der Waals surface area (Å²) in [5.74, 6) is 0.0312. The molecule has 98 valence electrons. The highest BCUT2D eigenvalue weighted by Gasteiger charge is 2.28. The molecule has 1 amide bonds. The van der Waals surface area contributed by atoms with E-state index in [0.717, 1.165) is 11.3 Å². The maximum atomic E-state index is 11.9. The first-order valence-corrected chi connectivity index (χ1v) is 6.46. The summed E-state index contributed by atoms with van der Waals surface area (Å²) < 4.78 is 0. The van der Waals surface area contributed by atoms with Crippen molar-refractivity contribution < 1.29 is 9.90 Å². The smallest absolute Gasteiger partial charge is 0.242 e. The molecule has 2 unspecified atom stereocenters. The fourth-order valence-corrected chi connectivity index (χ4v) is 2.43. The number of benzene rings is 1. The highest BCUT2D eigenvalue weighted by atomic mass is 16.3. The number of carbonyl (C=O) groups excluding carboxylic acids is 1. The van der Waals surface area contributed by atoms with Crippen LogP contribution in [0.25, 0.3) is 0 Å². The molecule has 0 aromatic heterocycles. The molecule has 4 nitrogen and oxygen atoms in total. The van der Waals surface area contributed by atoms with Crippen LogP contribution < -0.4 is 10.2 Å². The minimum absolute atomic E-state index is 0.0312. The molecule has 1 aliphatic rings. The largest absolute Gasteiger partial charge is 0.388 e. The van der Waals surface area contributed by atoms with E-state index in [1.807, 2.05) is 38.1 Å². The normalized spacial score (nSPS) is 20.2. The van der Waals surface area contributed by atoms with Crippen LogP contribution in [0, 0.1) is 0 Å². The summed E-state index contributed by atoms with van der Waals surface area (Å²) in [7, 11) is 0. The molecule has 1 heterocycles. The van der Waals surface area contributed by atoms with Crippen molar-refractivity contribution in [2.24, 2.45) is 0 Å². The number of para-hydroxylation sites is 1. The first-order chi connectivity index (χ1) is 8.65. The number of carbonyl (C=O) groups is 1. The van der Waals surface area contributed by atoms with Gasteiger partial charge in [-0.05, 0) is 26.3 Å². The summed E-state index contributed by atoms with van der Waals surface area (Å²) in [6.45, 7) is 5.16. The number of aliphatic hydroxyl groups excluding tert-OH is 1. The summed E-state index contributed by atoms with van der Waals surface area (Å²) in [6, 6.07) is 7.54. The number of hydrogen-bond acceptors (Lipinski definition) is 3. The summed E-state index contributed by atoms with van der Waals surface area (Å²) in [5, 5.41) is 12.8. The van der Waals surface area contributed by atoms with E-state index in [2.05, 4.69) is 10.2 Å². The second-order valence-corrected chi connectivity index (χ2v) is 4.63. The lowest BCUT2D eigenvalue weighted by molar-refractivity contribution is -0.122. The van der Waals surface area contributed by atoms with Crippen LogP contribution in [0.1, 0.15) is 31.9 Å². The molecule has 0 saturated carbocycles. The lowest BCUT2D eigenvalue weighted by atomic mass is 9.97. The van der Waals surface area contributed by atoms with Crippen molar-refractivity contribution in [3.8, 4) is 0 Å². The molecule has 0 spiro atoms. The van der Waals surface area contributed by atoms with Crippen LogP contribution in [0.4, 0.5) is 5.69 Å². The molecule has 4 heteroatoms. The van der Waals surface area contributed by atoms with Crippen LogP contribution in [-0.2, 0) is 4.79 Å². The molecule has 18 heavy (non-hydrogen) atoms. The van der Waals surface area contributed by atoms with E-state index in [-0.39, 0.29) is 11.9 Å². The van der Waals surface area contributed by atoms with E-state index in [1.54, 1.807) is 0 Å². The van der Waals surface area contributed by atoms with Crippen LogP contribution in [0.2, 0.25) is 0 Å². The Bertz CT molecular complexity index is 434. The number of nitrogens with zero attached hydrogens (tertiary/aromatic N) is 1. The van der Waals surface area contributed by atoms with E-state index in [9.17, 15) is 9.90 Å². The number of aliphatic hydroxyl groups is 1. The van der Waals surface area contributed by atoms with Gasteiger partial charge >= 0.3 is 0 Å². The van der Waals surface area contributed by atoms with E-state index in [1.165, 1.54) is 0 Å². The Labute approximate surface area is 108 Å². The van der Waals surface area contributed by atoms with Gasteiger partial charge in [-0.1, -0.05) is 18.2 Å². The van der Waals surface area contributed by atoms with Crippen LogP contribution in [0.15, 0.2) is 24.3 Å². The fraction of sp³-hybridized carbons (Fsp3) is 0.500. The van der Waals surface area contributed by atoms with Crippen molar-refractivity contribution in [2.45, 2.75) is 32.4 Å². The van der Waals surface area contributed by atoms with Gasteiger partial charge in [0.1, 0.15) is 6.04 Å². The Morgan fingerprint density at radius 1 is 1.56 bits per heavy atom. The molecular formula is C14H20N2O2. The number of amides is 1. The number of nitrogens with one attached hydrogen (secondary N) is 1. The third kappa shape index (κ3) is 2.34. The second kappa shape index (κ2) is 5.40. The molecule has 2 atom stereocenters. The molecule has 1 aromatic rings. The highest BCUT2D eigenvalue weighted by Crippen LogP contribution is 2.34. The predicted octanol–water partition coefficient (Wildman–Crippen LogP) is 1.45. The van der Waals surface area contributed by atoms with Gasteiger partial charge in [-0.25, -0.2) is 0 Å². The lowest BCUT2D eigenvalue weighted by Gasteiger charge is -2.37. The molecule has 0 radical (unpaired) electrons. The molecule has 0 saturated heterocycles. The predicted molar refractivity (Wildman–Crippen MR) is 71.5 cm³/mol. The Morgan fingerprint density at radius 3 is 3.00 bits per heavy atom. The molecule has 2 rings (SSSR count). The van der Waals surface area contributed by atoms with Gasteiger partial charge in [0, 0.05) is 24.3 Å². The third-order valence-corrected chi connectivity index (χ3v) is 3.45. The lowest BCUT2D eigenvalue weighted by Crippen LogP contribution is -2.47. The first kappa shape index (κ1) is 12.9. The summed E-state index contributed by atoms with van der Waals surface area (Å²) >= 11 is 0. The van der Waals surface area contributed by atoms with Gasteiger partial charge in [-0.2, -0.15) is 0 Å². The number of hydrogen-bond donors (Lipinski definition) is 2. The van der Waals surface area contributed by atoms with E-state index in [4.69, 9.17) is 0 Å². The van der Waals surface area contributed by atoms with Crippen LogP contribution in [0.5, 0.6) is 0 Å². The molecule has 0 fully saturated rings. The number of fused-ring (bicyclic) bond motifs is 1. The molecule has 1 aliphatic heterocycles. The van der Waals surface area contributed by atoms with Crippen LogP contribution in [-0.4, -0.2) is 30.1 Å². The van der Waals surface area contributed by atoms with Crippen molar-refractivity contribution in [3.63, 3.8) is 0 Å². The minimum atomic E-state index is -0.418. The fourth-order valence-electron chi connectivity index (χ4n) is 2.43. The topological polar surface area (TPSA) is 52.6 Å². The van der Waals surface area contributed by atoms with E-state index in [0.29, 0.717) is 19.5 Å². The standard InChI is InChI=1S/C14H20N2O2/c1-3-15-14(18)10(2)16-9-8-13(17)11-6-4-5-7-12(11)16/h4-7,10,13,17H,3,8-9H2,1-2H3,(H,15,18). The summed E-state index contributed by atoms with van der Waals surface area (Å²) in [5.41, 5.74) is 1.88. The average molecular weight is 248 g/mol. The summed E-state index contributed by atoms with van der Waals surface area (Å²) in [4.78, 5) is 14.0. The molecular weight excluding hydrogens is 228 g/mol. The molecule has 0 aliphatic carbocycles. The Morgan fingerprint density at radius 2 is 2.28 bits per heavy atom. The van der Waals surface area contributed by atoms with Gasteiger partial charge in [0.15, 0.2) is 0 Å². The zero-order valence-electron chi connectivity index (χ0n) is 10.9. The monoisotopic (exact) mass is 248 g/mol. The summed E-state index contributed by atoms with van der Waals surface area (Å²) in [6.07, 6.45) is 0.250. The van der Waals surface area contributed by atoms with Crippen molar-refractivity contribution >= 4 is 11.6 Å². The maximum Gasteiger partial charge on any atom is 0.242 e. The zero-order valence-corrected chi connectivity index (χ0v) is 10.9. The van der Waals surface area contributed by atoms with Gasteiger partial charge < -0.3 is 15.3 Å². The van der Waals surface area contributed by atoms with E-state index >= 15 is 0 Å². The van der Waals surface area contributed by atoms with Crippen molar-refractivity contribution in [3.05, 3.63) is 29.8 Å². The number of likely N-dealkylation sites (N-methyl/N-ethyl adjacent to an activating group) is 1. The Kier molecular flexibility index (Phi) is 3.87. The third-order valence-electron chi connectivity index (χ3n) is 3.45.